The second-order valence-corrected chi connectivity index (χ2v) is 8.86. The van der Waals surface area contributed by atoms with Crippen molar-refractivity contribution in [3.05, 3.63) is 71.9 Å². The Balaban J connectivity index is 1.09. The highest BCUT2D eigenvalue weighted by atomic mass is 16.2. The van der Waals surface area contributed by atoms with Gasteiger partial charge in [-0.1, -0.05) is 29.5 Å². The lowest BCUT2D eigenvalue weighted by Gasteiger charge is -2.31. The van der Waals surface area contributed by atoms with E-state index in [1.807, 2.05) is 30.3 Å². The molecule has 1 aliphatic heterocycles. The molecule has 170 valence electrons. The molecule has 1 saturated carbocycles. The van der Waals surface area contributed by atoms with Crippen molar-refractivity contribution < 1.29 is 9.59 Å². The van der Waals surface area contributed by atoms with E-state index in [1.165, 1.54) is 4.90 Å². The first-order chi connectivity index (χ1) is 16.7. The highest BCUT2D eigenvalue weighted by molar-refractivity contribution is 6.21. The molecule has 9 heteroatoms. The number of carbonyl (C=O) groups is 2. The zero-order valence-corrected chi connectivity index (χ0v) is 18.5. The van der Waals surface area contributed by atoms with E-state index in [1.54, 1.807) is 35.1 Å². The van der Waals surface area contributed by atoms with Crippen LogP contribution in [0.5, 0.6) is 0 Å². The number of hydrogen-bond donors (Lipinski definition) is 1. The fourth-order valence-corrected chi connectivity index (χ4v) is 4.91. The molecule has 2 aromatic carbocycles. The van der Waals surface area contributed by atoms with Gasteiger partial charge in [-0.05, 0) is 55.9 Å². The van der Waals surface area contributed by atoms with Gasteiger partial charge in [-0.15, -0.1) is 5.10 Å². The predicted molar refractivity (Wildman–Crippen MR) is 126 cm³/mol. The zero-order chi connectivity index (χ0) is 23.1. The van der Waals surface area contributed by atoms with Crippen LogP contribution in [-0.2, 0) is 0 Å². The van der Waals surface area contributed by atoms with E-state index in [2.05, 4.69) is 25.6 Å². The molecule has 34 heavy (non-hydrogen) atoms. The van der Waals surface area contributed by atoms with Gasteiger partial charge in [-0.25, -0.2) is 4.98 Å². The number of para-hydroxylation sites is 1. The Morgan fingerprint density at radius 3 is 2.35 bits per heavy atom. The molecule has 0 bridgehead atoms. The average Bonchev–Trinajstić information content (AvgIpc) is 3.41. The third-order valence-electron chi connectivity index (χ3n) is 6.71. The van der Waals surface area contributed by atoms with Crippen LogP contribution in [-0.4, -0.2) is 54.3 Å². The van der Waals surface area contributed by atoms with Gasteiger partial charge in [-0.3, -0.25) is 14.5 Å². The van der Waals surface area contributed by atoms with Crippen LogP contribution in [0.1, 0.15) is 46.4 Å². The van der Waals surface area contributed by atoms with E-state index in [-0.39, 0.29) is 17.9 Å². The molecule has 0 saturated heterocycles. The zero-order valence-electron chi connectivity index (χ0n) is 18.5. The second-order valence-electron chi connectivity index (χ2n) is 8.86. The molecule has 1 aliphatic carbocycles. The summed E-state index contributed by atoms with van der Waals surface area (Å²) in [6.45, 7) is 0.477. The number of benzene rings is 2. The van der Waals surface area contributed by atoms with Crippen molar-refractivity contribution in [3.8, 4) is 5.82 Å². The Hall–Kier alpha value is -4.14. The molecule has 2 amide bonds. The highest BCUT2D eigenvalue weighted by Crippen LogP contribution is 2.30. The Morgan fingerprint density at radius 2 is 1.59 bits per heavy atom. The lowest BCUT2D eigenvalue weighted by molar-refractivity contribution is 0.0616. The van der Waals surface area contributed by atoms with E-state index in [4.69, 9.17) is 0 Å². The van der Waals surface area contributed by atoms with Gasteiger partial charge in [-0.2, -0.15) is 9.67 Å². The fourth-order valence-electron chi connectivity index (χ4n) is 4.91. The van der Waals surface area contributed by atoms with Gasteiger partial charge in [0, 0.05) is 24.8 Å². The fraction of sp³-hybridized carbons (Fsp3) is 0.280. The van der Waals surface area contributed by atoms with E-state index in [0.717, 1.165) is 36.7 Å². The first-order valence-corrected chi connectivity index (χ1v) is 11.5. The van der Waals surface area contributed by atoms with Gasteiger partial charge in [0.05, 0.1) is 16.6 Å². The SMILES string of the molecule is O=C1c2ccccc2C(=O)N1CC1CCC(Nc2nccc(-n3nnc4ccccc43)n2)CC1. The monoisotopic (exact) mass is 453 g/mol. The van der Waals surface area contributed by atoms with Gasteiger partial charge in [0.1, 0.15) is 5.52 Å². The van der Waals surface area contributed by atoms with E-state index in [9.17, 15) is 9.59 Å². The molecular formula is C25H23N7O2. The number of rotatable bonds is 5. The van der Waals surface area contributed by atoms with E-state index >= 15 is 0 Å². The minimum atomic E-state index is -0.174. The Labute approximate surface area is 195 Å². The average molecular weight is 454 g/mol. The molecule has 0 spiro atoms. The Kier molecular flexibility index (Phi) is 5.01. The van der Waals surface area contributed by atoms with Crippen molar-refractivity contribution in [2.24, 2.45) is 5.92 Å². The van der Waals surface area contributed by atoms with Gasteiger partial charge in [0.15, 0.2) is 5.82 Å². The first-order valence-electron chi connectivity index (χ1n) is 11.5. The molecule has 4 aromatic rings. The molecule has 1 N–H and O–H groups in total. The van der Waals surface area contributed by atoms with Crippen molar-refractivity contribution in [3.63, 3.8) is 0 Å². The number of aromatic nitrogens is 5. The summed E-state index contributed by atoms with van der Waals surface area (Å²) < 4.78 is 1.71. The number of carbonyl (C=O) groups excluding carboxylic acids is 2. The summed E-state index contributed by atoms with van der Waals surface area (Å²) in [6, 6.07) is 16.9. The molecule has 6 rings (SSSR count). The number of nitrogens with zero attached hydrogens (tertiary/aromatic N) is 6. The normalized spacial score (nSPS) is 20.1. The quantitative estimate of drug-likeness (QED) is 0.461. The molecule has 2 aromatic heterocycles. The standard InChI is InChI=1S/C25H23N7O2/c33-23-18-5-1-2-6-19(18)24(34)31(23)15-16-9-11-17(12-10-16)27-25-26-14-13-22(28-25)32-21-8-4-3-7-20(21)29-30-32/h1-8,13-14,16-17H,9-12,15H2,(H,26,27,28). The second kappa shape index (κ2) is 8.33. The summed E-state index contributed by atoms with van der Waals surface area (Å²) in [4.78, 5) is 35.8. The molecule has 0 radical (unpaired) electrons. The first kappa shape index (κ1) is 20.5. The lowest BCUT2D eigenvalue weighted by Crippen LogP contribution is -2.37. The van der Waals surface area contributed by atoms with Crippen LogP contribution in [0.3, 0.4) is 0 Å². The maximum Gasteiger partial charge on any atom is 0.261 e. The molecule has 3 heterocycles. The summed E-state index contributed by atoms with van der Waals surface area (Å²) in [7, 11) is 0. The predicted octanol–water partition coefficient (Wildman–Crippen LogP) is 3.48. The van der Waals surface area contributed by atoms with E-state index in [0.29, 0.717) is 35.4 Å². The van der Waals surface area contributed by atoms with Crippen LogP contribution in [0.2, 0.25) is 0 Å². The summed E-state index contributed by atoms with van der Waals surface area (Å²) in [6.07, 6.45) is 5.42. The number of nitrogens with one attached hydrogen (secondary N) is 1. The number of hydrogen-bond acceptors (Lipinski definition) is 7. The van der Waals surface area contributed by atoms with Crippen molar-refractivity contribution in [1.82, 2.24) is 29.9 Å². The highest BCUT2D eigenvalue weighted by Gasteiger charge is 2.37. The van der Waals surface area contributed by atoms with Crippen LogP contribution in [0.25, 0.3) is 16.9 Å². The molecule has 0 atom stereocenters. The van der Waals surface area contributed by atoms with Crippen molar-refractivity contribution in [2.75, 3.05) is 11.9 Å². The Bertz CT molecular complexity index is 1360. The molecule has 1 fully saturated rings. The number of anilines is 1. The van der Waals surface area contributed by atoms with Crippen LogP contribution in [0, 0.1) is 5.92 Å². The topological polar surface area (TPSA) is 106 Å². The van der Waals surface area contributed by atoms with Crippen molar-refractivity contribution in [2.45, 2.75) is 31.7 Å². The number of fused-ring (bicyclic) bond motifs is 2. The Morgan fingerprint density at radius 1 is 0.882 bits per heavy atom. The summed E-state index contributed by atoms with van der Waals surface area (Å²) in [5.41, 5.74) is 2.73. The molecule has 9 nitrogen and oxygen atoms in total. The number of imide groups is 1. The number of amides is 2. The van der Waals surface area contributed by atoms with Gasteiger partial charge < -0.3 is 5.32 Å². The summed E-state index contributed by atoms with van der Waals surface area (Å²) in [5, 5.41) is 11.9. The van der Waals surface area contributed by atoms with Gasteiger partial charge in [0.2, 0.25) is 5.95 Å². The smallest absolute Gasteiger partial charge is 0.261 e. The summed E-state index contributed by atoms with van der Waals surface area (Å²) in [5.74, 6) is 1.17. The molecule has 2 aliphatic rings. The van der Waals surface area contributed by atoms with Crippen LogP contribution in [0.4, 0.5) is 5.95 Å². The maximum atomic E-state index is 12.7. The van der Waals surface area contributed by atoms with Gasteiger partial charge >= 0.3 is 0 Å². The third kappa shape index (κ3) is 3.59. The lowest BCUT2D eigenvalue weighted by atomic mass is 9.85. The van der Waals surface area contributed by atoms with E-state index < -0.39 is 0 Å². The maximum absolute atomic E-state index is 12.7. The summed E-state index contributed by atoms with van der Waals surface area (Å²) >= 11 is 0. The van der Waals surface area contributed by atoms with Crippen molar-refractivity contribution >= 4 is 28.8 Å². The minimum Gasteiger partial charge on any atom is -0.351 e. The van der Waals surface area contributed by atoms with Crippen molar-refractivity contribution in [1.29, 1.82) is 0 Å². The largest absolute Gasteiger partial charge is 0.351 e. The van der Waals surface area contributed by atoms with Crippen LogP contribution >= 0.6 is 0 Å². The van der Waals surface area contributed by atoms with Gasteiger partial charge in [0.25, 0.3) is 11.8 Å². The minimum absolute atomic E-state index is 0.174. The third-order valence-corrected chi connectivity index (χ3v) is 6.71. The molecule has 0 unspecified atom stereocenters. The van der Waals surface area contributed by atoms with Crippen LogP contribution < -0.4 is 5.32 Å². The van der Waals surface area contributed by atoms with Crippen LogP contribution in [0.15, 0.2) is 60.8 Å². The molecular weight excluding hydrogens is 430 g/mol.